The van der Waals surface area contributed by atoms with E-state index in [0.29, 0.717) is 5.92 Å². The second kappa shape index (κ2) is 6.26. The minimum absolute atomic E-state index is 0.219. The second-order valence-electron chi connectivity index (χ2n) is 4.10. The first-order valence-corrected chi connectivity index (χ1v) is 6.01. The predicted molar refractivity (Wildman–Crippen MR) is 66.5 cm³/mol. The van der Waals surface area contributed by atoms with Crippen molar-refractivity contribution >= 4 is 15.9 Å². The summed E-state index contributed by atoms with van der Waals surface area (Å²) < 4.78 is 1.10. The van der Waals surface area contributed by atoms with Gasteiger partial charge in [0.25, 0.3) is 0 Å². The van der Waals surface area contributed by atoms with Crippen LogP contribution in [0.2, 0.25) is 0 Å². The van der Waals surface area contributed by atoms with Crippen LogP contribution in [0.1, 0.15) is 32.4 Å². The number of benzene rings is 1. The summed E-state index contributed by atoms with van der Waals surface area (Å²) in [6.07, 6.45) is 0. The Hall–Kier alpha value is -0.380. The Bertz CT molecular complexity index is 284. The van der Waals surface area contributed by atoms with Crippen molar-refractivity contribution in [1.82, 2.24) is 5.48 Å². The Morgan fingerprint density at radius 3 is 2.33 bits per heavy atom. The molecule has 0 aliphatic rings. The topological polar surface area (TPSA) is 21.3 Å². The van der Waals surface area contributed by atoms with Crippen molar-refractivity contribution in [3.63, 3.8) is 0 Å². The van der Waals surface area contributed by atoms with Crippen LogP contribution in [0, 0.1) is 5.92 Å². The Balaban J connectivity index is 2.40. The van der Waals surface area contributed by atoms with E-state index in [1.165, 1.54) is 5.56 Å². The average molecular weight is 272 g/mol. The van der Waals surface area contributed by atoms with Crippen LogP contribution in [0.15, 0.2) is 28.7 Å². The molecule has 1 rings (SSSR count). The lowest BCUT2D eigenvalue weighted by Crippen LogP contribution is -2.21. The second-order valence-corrected chi connectivity index (χ2v) is 5.01. The number of rotatable bonds is 5. The van der Waals surface area contributed by atoms with E-state index in [4.69, 9.17) is 4.84 Å². The highest BCUT2D eigenvalue weighted by molar-refractivity contribution is 9.10. The Morgan fingerprint density at radius 1 is 1.20 bits per heavy atom. The van der Waals surface area contributed by atoms with Gasteiger partial charge in [-0.2, -0.15) is 5.48 Å². The number of hydrogen-bond acceptors (Lipinski definition) is 2. The van der Waals surface area contributed by atoms with Crippen molar-refractivity contribution in [3.05, 3.63) is 34.3 Å². The predicted octanol–water partition coefficient (Wildman–Crippen LogP) is 3.69. The molecule has 1 aromatic rings. The molecule has 3 heteroatoms. The molecule has 1 atom stereocenters. The van der Waals surface area contributed by atoms with E-state index < -0.39 is 0 Å². The van der Waals surface area contributed by atoms with Crippen LogP contribution >= 0.6 is 15.9 Å². The Labute approximate surface area is 100 Å². The molecule has 1 aromatic carbocycles. The van der Waals surface area contributed by atoms with E-state index in [0.717, 1.165) is 11.1 Å². The molecule has 2 nitrogen and oxygen atoms in total. The maximum atomic E-state index is 5.38. The largest absolute Gasteiger partial charge is 0.301 e. The fourth-order valence-corrected chi connectivity index (χ4v) is 1.42. The molecule has 0 aliphatic carbocycles. The summed E-state index contributed by atoms with van der Waals surface area (Å²) in [6, 6.07) is 8.46. The summed E-state index contributed by atoms with van der Waals surface area (Å²) in [6.45, 7) is 7.09. The molecule has 0 saturated heterocycles. The van der Waals surface area contributed by atoms with Gasteiger partial charge in [-0.05, 0) is 30.5 Å². The highest BCUT2D eigenvalue weighted by atomic mass is 79.9. The first-order valence-electron chi connectivity index (χ1n) is 5.22. The first kappa shape index (κ1) is 12.7. The molecular weight excluding hydrogens is 254 g/mol. The van der Waals surface area contributed by atoms with Gasteiger partial charge in [0.2, 0.25) is 0 Å². The summed E-state index contributed by atoms with van der Waals surface area (Å²) in [7, 11) is 0. The molecule has 15 heavy (non-hydrogen) atoms. The summed E-state index contributed by atoms with van der Waals surface area (Å²) in [4.78, 5) is 5.38. The third kappa shape index (κ3) is 4.78. The third-order valence-corrected chi connectivity index (χ3v) is 2.58. The van der Waals surface area contributed by atoms with E-state index in [-0.39, 0.29) is 6.04 Å². The van der Waals surface area contributed by atoms with Crippen LogP contribution in [0.5, 0.6) is 0 Å². The Kier molecular flexibility index (Phi) is 5.29. The van der Waals surface area contributed by atoms with Crippen LogP contribution < -0.4 is 5.48 Å². The van der Waals surface area contributed by atoms with Gasteiger partial charge in [0.15, 0.2) is 0 Å². The van der Waals surface area contributed by atoms with Crippen LogP contribution in [0.25, 0.3) is 0 Å². The highest BCUT2D eigenvalue weighted by Gasteiger charge is 2.04. The minimum atomic E-state index is 0.219. The quantitative estimate of drug-likeness (QED) is 0.825. The standard InChI is InChI=1S/C12H18BrNO/c1-9(2)8-15-14-10(3)11-4-6-12(13)7-5-11/h4-7,9-10,14H,8H2,1-3H3. The molecule has 0 aliphatic heterocycles. The molecule has 0 spiro atoms. The summed E-state index contributed by atoms with van der Waals surface area (Å²) in [5.74, 6) is 0.551. The maximum absolute atomic E-state index is 5.38. The van der Waals surface area contributed by atoms with Gasteiger partial charge in [-0.25, -0.2) is 0 Å². The zero-order valence-electron chi connectivity index (χ0n) is 9.46. The number of hydroxylamine groups is 1. The van der Waals surface area contributed by atoms with Crippen molar-refractivity contribution in [2.24, 2.45) is 5.92 Å². The lowest BCUT2D eigenvalue weighted by atomic mass is 10.1. The molecule has 1 unspecified atom stereocenters. The monoisotopic (exact) mass is 271 g/mol. The zero-order valence-corrected chi connectivity index (χ0v) is 11.0. The molecule has 0 aromatic heterocycles. The van der Waals surface area contributed by atoms with Gasteiger partial charge < -0.3 is 4.84 Å². The molecular formula is C12H18BrNO. The number of halogens is 1. The van der Waals surface area contributed by atoms with Crippen molar-refractivity contribution in [2.45, 2.75) is 26.8 Å². The first-order chi connectivity index (χ1) is 7.09. The normalized spacial score (nSPS) is 13.1. The molecule has 0 fully saturated rings. The molecule has 0 radical (unpaired) electrons. The van der Waals surface area contributed by atoms with E-state index in [1.54, 1.807) is 0 Å². The fraction of sp³-hybridized carbons (Fsp3) is 0.500. The summed E-state index contributed by atoms with van der Waals surface area (Å²) >= 11 is 3.41. The average Bonchev–Trinajstić information content (AvgIpc) is 2.18. The number of nitrogens with one attached hydrogen (secondary N) is 1. The van der Waals surface area contributed by atoms with Gasteiger partial charge in [-0.15, -0.1) is 0 Å². The molecule has 1 N–H and O–H groups in total. The van der Waals surface area contributed by atoms with Gasteiger partial charge in [-0.3, -0.25) is 0 Å². The van der Waals surface area contributed by atoms with Crippen molar-refractivity contribution in [1.29, 1.82) is 0 Å². The van der Waals surface area contributed by atoms with E-state index >= 15 is 0 Å². The third-order valence-electron chi connectivity index (χ3n) is 2.05. The van der Waals surface area contributed by atoms with Crippen molar-refractivity contribution in [3.8, 4) is 0 Å². The molecule has 0 amide bonds. The lowest BCUT2D eigenvalue weighted by Gasteiger charge is -2.15. The van der Waals surface area contributed by atoms with Crippen LogP contribution in [-0.2, 0) is 4.84 Å². The highest BCUT2D eigenvalue weighted by Crippen LogP contribution is 2.16. The van der Waals surface area contributed by atoms with Gasteiger partial charge in [0.1, 0.15) is 0 Å². The van der Waals surface area contributed by atoms with Gasteiger partial charge in [0, 0.05) is 4.47 Å². The van der Waals surface area contributed by atoms with Crippen LogP contribution in [0.4, 0.5) is 0 Å². The summed E-state index contributed by atoms with van der Waals surface area (Å²) in [5, 5.41) is 0. The van der Waals surface area contributed by atoms with Crippen LogP contribution in [-0.4, -0.2) is 6.61 Å². The number of hydrogen-bond donors (Lipinski definition) is 1. The molecule has 0 saturated carbocycles. The summed E-state index contributed by atoms with van der Waals surface area (Å²) in [5.41, 5.74) is 4.26. The van der Waals surface area contributed by atoms with Crippen molar-refractivity contribution < 1.29 is 4.84 Å². The minimum Gasteiger partial charge on any atom is -0.301 e. The van der Waals surface area contributed by atoms with Gasteiger partial charge >= 0.3 is 0 Å². The van der Waals surface area contributed by atoms with Crippen molar-refractivity contribution in [2.75, 3.05) is 6.61 Å². The van der Waals surface area contributed by atoms with E-state index in [1.807, 2.05) is 12.1 Å². The smallest absolute Gasteiger partial charge is 0.0705 e. The maximum Gasteiger partial charge on any atom is 0.0705 e. The zero-order chi connectivity index (χ0) is 11.3. The van der Waals surface area contributed by atoms with E-state index in [2.05, 4.69) is 54.3 Å². The van der Waals surface area contributed by atoms with Gasteiger partial charge in [0.05, 0.1) is 12.6 Å². The SMILES string of the molecule is CC(C)CONC(C)c1ccc(Br)cc1. The van der Waals surface area contributed by atoms with Crippen LogP contribution in [0.3, 0.4) is 0 Å². The molecule has 0 heterocycles. The van der Waals surface area contributed by atoms with E-state index in [9.17, 15) is 0 Å². The molecule has 0 bridgehead atoms. The fourth-order valence-electron chi connectivity index (χ4n) is 1.16. The Morgan fingerprint density at radius 2 is 1.80 bits per heavy atom. The lowest BCUT2D eigenvalue weighted by molar-refractivity contribution is 0.00409. The molecule has 84 valence electrons. The van der Waals surface area contributed by atoms with Gasteiger partial charge in [-0.1, -0.05) is 41.9 Å².